The van der Waals surface area contributed by atoms with Gasteiger partial charge in [0.05, 0.1) is 0 Å². The molecule has 0 saturated carbocycles. The number of nitrogens with one attached hydrogen (secondary N) is 1. The van der Waals surface area contributed by atoms with Gasteiger partial charge in [0.1, 0.15) is 5.54 Å². The van der Waals surface area contributed by atoms with E-state index in [-0.39, 0.29) is 17.9 Å². The number of hydrogen-bond donors (Lipinski definition) is 1. The first-order valence-corrected chi connectivity index (χ1v) is 8.03. The summed E-state index contributed by atoms with van der Waals surface area (Å²) in [5.74, 6) is 0.113. The molecule has 3 aliphatic rings. The molecule has 2 heterocycles. The molecule has 0 aromatic heterocycles. The van der Waals surface area contributed by atoms with Crippen molar-refractivity contribution in [2.24, 2.45) is 5.92 Å². The van der Waals surface area contributed by atoms with E-state index in [1.54, 1.807) is 7.05 Å². The Bertz CT molecular complexity index is 476. The quantitative estimate of drug-likeness (QED) is 0.623. The van der Waals surface area contributed by atoms with Gasteiger partial charge in [0.25, 0.3) is 5.91 Å². The number of hydrogen-bond acceptors (Lipinski definition) is 3. The molecule has 2 fully saturated rings. The molecule has 2 saturated heterocycles. The van der Waals surface area contributed by atoms with Gasteiger partial charge in [-0.1, -0.05) is 12.2 Å². The van der Waals surface area contributed by atoms with Gasteiger partial charge in [0.2, 0.25) is 0 Å². The van der Waals surface area contributed by atoms with Crippen LogP contribution in [0.2, 0.25) is 0 Å². The molecule has 116 valence electrons. The van der Waals surface area contributed by atoms with Crippen LogP contribution in [0, 0.1) is 5.92 Å². The maximum absolute atomic E-state index is 12.4. The predicted molar refractivity (Wildman–Crippen MR) is 80.8 cm³/mol. The number of nitrogens with zero attached hydrogens (tertiary/aromatic N) is 2. The highest BCUT2D eigenvalue weighted by molar-refractivity contribution is 6.06. The topological polar surface area (TPSA) is 52.7 Å². The third-order valence-corrected chi connectivity index (χ3v) is 5.39. The third kappa shape index (κ3) is 2.48. The third-order valence-electron chi connectivity index (χ3n) is 5.39. The van der Waals surface area contributed by atoms with E-state index in [1.165, 1.54) is 24.2 Å². The zero-order valence-electron chi connectivity index (χ0n) is 13.0. The van der Waals surface area contributed by atoms with Crippen molar-refractivity contribution >= 4 is 11.9 Å². The fourth-order valence-corrected chi connectivity index (χ4v) is 3.95. The standard InChI is InChI=1S/C16H25N3O2/c1-16(14(20)18(2)15(21)17-16)12-7-6-10-19(11-12)13-8-4-3-5-9-13/h4,8,12-13H,3,5-7,9-11H2,1-2H3,(H,17,21). The van der Waals surface area contributed by atoms with Crippen LogP contribution >= 0.6 is 0 Å². The number of imide groups is 1. The lowest BCUT2D eigenvalue weighted by Gasteiger charge is -2.42. The Balaban J connectivity index is 1.74. The highest BCUT2D eigenvalue weighted by Crippen LogP contribution is 2.33. The van der Waals surface area contributed by atoms with Gasteiger partial charge in [-0.25, -0.2) is 4.79 Å². The maximum atomic E-state index is 12.4. The maximum Gasteiger partial charge on any atom is 0.324 e. The van der Waals surface area contributed by atoms with E-state index >= 15 is 0 Å². The Morgan fingerprint density at radius 2 is 2.10 bits per heavy atom. The van der Waals surface area contributed by atoms with Crippen LogP contribution in [0.3, 0.4) is 0 Å². The summed E-state index contributed by atoms with van der Waals surface area (Å²) in [4.78, 5) is 27.9. The van der Waals surface area contributed by atoms with Crippen LogP contribution < -0.4 is 5.32 Å². The number of likely N-dealkylation sites (N-methyl/N-ethyl adjacent to an activating group) is 1. The first kappa shape index (κ1) is 14.6. The van der Waals surface area contributed by atoms with Crippen molar-refractivity contribution in [3.8, 4) is 0 Å². The van der Waals surface area contributed by atoms with Crippen LogP contribution in [0.1, 0.15) is 39.0 Å². The highest BCUT2D eigenvalue weighted by Gasteiger charge is 2.52. The number of carbonyl (C=O) groups excluding carboxylic acids is 2. The molecule has 21 heavy (non-hydrogen) atoms. The van der Waals surface area contributed by atoms with E-state index in [4.69, 9.17) is 0 Å². The molecule has 0 radical (unpaired) electrons. The average Bonchev–Trinajstić information content (AvgIpc) is 2.73. The summed E-state index contributed by atoms with van der Waals surface area (Å²) in [7, 11) is 1.56. The van der Waals surface area contributed by atoms with Gasteiger partial charge in [0.15, 0.2) is 0 Å². The second kappa shape index (κ2) is 5.44. The van der Waals surface area contributed by atoms with Crippen molar-refractivity contribution in [3.63, 3.8) is 0 Å². The predicted octanol–water partition coefficient (Wildman–Crippen LogP) is 1.75. The second-order valence-corrected chi connectivity index (χ2v) is 6.76. The molecular weight excluding hydrogens is 266 g/mol. The molecule has 3 amide bonds. The molecule has 0 spiro atoms. The molecule has 5 heteroatoms. The smallest absolute Gasteiger partial charge is 0.323 e. The minimum absolute atomic E-state index is 0.0847. The Morgan fingerprint density at radius 1 is 1.29 bits per heavy atom. The number of carbonyl (C=O) groups is 2. The van der Waals surface area contributed by atoms with Crippen molar-refractivity contribution in [2.45, 2.75) is 50.6 Å². The molecule has 1 N–H and O–H groups in total. The monoisotopic (exact) mass is 291 g/mol. The zero-order valence-corrected chi connectivity index (χ0v) is 13.0. The largest absolute Gasteiger partial charge is 0.324 e. The van der Waals surface area contributed by atoms with Gasteiger partial charge in [0, 0.05) is 25.6 Å². The number of piperidine rings is 1. The second-order valence-electron chi connectivity index (χ2n) is 6.76. The van der Waals surface area contributed by atoms with Crippen molar-refractivity contribution in [1.82, 2.24) is 15.1 Å². The lowest BCUT2D eigenvalue weighted by molar-refractivity contribution is -0.132. The van der Waals surface area contributed by atoms with Gasteiger partial charge < -0.3 is 5.32 Å². The van der Waals surface area contributed by atoms with Gasteiger partial charge in [-0.3, -0.25) is 14.6 Å². The summed E-state index contributed by atoms with van der Waals surface area (Å²) < 4.78 is 0. The molecule has 3 atom stereocenters. The van der Waals surface area contributed by atoms with Crippen molar-refractivity contribution in [2.75, 3.05) is 20.1 Å². The van der Waals surface area contributed by atoms with Crippen LogP contribution in [-0.2, 0) is 4.79 Å². The Kier molecular flexibility index (Phi) is 3.78. The summed E-state index contributed by atoms with van der Waals surface area (Å²) in [5, 5.41) is 2.92. The number of amides is 3. The van der Waals surface area contributed by atoms with Crippen LogP contribution in [0.4, 0.5) is 4.79 Å². The zero-order chi connectivity index (χ0) is 15.0. The summed E-state index contributed by atoms with van der Waals surface area (Å²) in [6.45, 7) is 3.88. The molecular formula is C16H25N3O2. The average molecular weight is 291 g/mol. The van der Waals surface area contributed by atoms with E-state index in [0.717, 1.165) is 25.9 Å². The first-order valence-electron chi connectivity index (χ1n) is 8.03. The molecule has 0 bridgehead atoms. The molecule has 3 rings (SSSR count). The molecule has 0 aromatic rings. The molecule has 0 aromatic carbocycles. The normalized spacial score (nSPS) is 37.9. The Morgan fingerprint density at radius 3 is 2.71 bits per heavy atom. The molecule has 3 unspecified atom stereocenters. The minimum atomic E-state index is -0.733. The van der Waals surface area contributed by atoms with Crippen LogP contribution in [0.25, 0.3) is 0 Å². The summed E-state index contributed by atoms with van der Waals surface area (Å²) in [6, 6.07) is 0.243. The summed E-state index contributed by atoms with van der Waals surface area (Å²) in [6.07, 6.45) is 10.3. The molecule has 5 nitrogen and oxygen atoms in total. The molecule has 1 aliphatic carbocycles. The lowest BCUT2D eigenvalue weighted by Crippen LogP contribution is -2.57. The van der Waals surface area contributed by atoms with Gasteiger partial charge >= 0.3 is 6.03 Å². The number of likely N-dealkylation sites (tertiary alicyclic amines) is 1. The fraction of sp³-hybridized carbons (Fsp3) is 0.750. The first-order chi connectivity index (χ1) is 10.0. The van der Waals surface area contributed by atoms with Gasteiger partial charge in [-0.15, -0.1) is 0 Å². The van der Waals surface area contributed by atoms with Crippen molar-refractivity contribution < 1.29 is 9.59 Å². The highest BCUT2D eigenvalue weighted by atomic mass is 16.2. The minimum Gasteiger partial charge on any atom is -0.323 e. The van der Waals surface area contributed by atoms with Crippen LogP contribution in [0.15, 0.2) is 12.2 Å². The van der Waals surface area contributed by atoms with E-state index < -0.39 is 5.54 Å². The van der Waals surface area contributed by atoms with E-state index in [9.17, 15) is 9.59 Å². The van der Waals surface area contributed by atoms with Gasteiger partial charge in [-0.2, -0.15) is 0 Å². The van der Waals surface area contributed by atoms with E-state index in [1.807, 2.05) is 6.92 Å². The SMILES string of the molecule is CN1C(=O)NC(C)(C2CCCN(C3C=CCCC3)C2)C1=O. The summed E-state index contributed by atoms with van der Waals surface area (Å²) in [5.41, 5.74) is -0.733. The van der Waals surface area contributed by atoms with Crippen molar-refractivity contribution in [3.05, 3.63) is 12.2 Å². The Hall–Kier alpha value is -1.36. The summed E-state index contributed by atoms with van der Waals surface area (Å²) >= 11 is 0. The molecule has 2 aliphatic heterocycles. The van der Waals surface area contributed by atoms with Crippen LogP contribution in [-0.4, -0.2) is 53.5 Å². The van der Waals surface area contributed by atoms with E-state index in [0.29, 0.717) is 6.04 Å². The lowest BCUT2D eigenvalue weighted by atomic mass is 9.79. The van der Waals surface area contributed by atoms with Crippen molar-refractivity contribution in [1.29, 1.82) is 0 Å². The number of rotatable bonds is 2. The van der Waals surface area contributed by atoms with Gasteiger partial charge in [-0.05, 0) is 45.6 Å². The van der Waals surface area contributed by atoms with Crippen LogP contribution in [0.5, 0.6) is 0 Å². The fourth-order valence-electron chi connectivity index (χ4n) is 3.95. The van der Waals surface area contributed by atoms with E-state index in [2.05, 4.69) is 22.4 Å². The Labute approximate surface area is 126 Å². The number of urea groups is 1. The number of allylic oxidation sites excluding steroid dienone is 1.